The van der Waals surface area contributed by atoms with Crippen LogP contribution in [0.4, 0.5) is 5.82 Å². The highest BCUT2D eigenvalue weighted by Gasteiger charge is 2.26. The monoisotopic (exact) mass is 511 g/mol. The summed E-state index contributed by atoms with van der Waals surface area (Å²) in [6, 6.07) is 18.0. The molecule has 1 amide bonds. The standard InChI is InChI=1S/C27H23BClN5O3/c28-19-15-30-34-25(13-21(32-26(19)34)17-5-1-3-7-20(17)29)31-16-9-11-33(12-10-16)27(36)24-14-22(35)18-6-2-4-8-23(18)37-24/h1-8,13-16,31H,9-12,28H2. The molecule has 1 fully saturated rings. The van der Waals surface area contributed by atoms with Gasteiger partial charge in [-0.3, -0.25) is 9.59 Å². The van der Waals surface area contributed by atoms with Crippen LogP contribution in [0.5, 0.6) is 0 Å². The zero-order chi connectivity index (χ0) is 25.5. The van der Waals surface area contributed by atoms with Crippen molar-refractivity contribution < 1.29 is 9.21 Å². The number of likely N-dealkylation sites (tertiary alicyclic amines) is 1. The Labute approximate surface area is 218 Å². The third-order valence-electron chi connectivity index (χ3n) is 6.78. The molecule has 184 valence electrons. The van der Waals surface area contributed by atoms with Crippen molar-refractivity contribution in [1.29, 1.82) is 0 Å². The summed E-state index contributed by atoms with van der Waals surface area (Å²) in [7, 11) is 1.98. The predicted octanol–water partition coefficient (Wildman–Crippen LogP) is 3.13. The van der Waals surface area contributed by atoms with Crippen molar-refractivity contribution in [3.05, 3.63) is 87.9 Å². The quantitative estimate of drug-likeness (QED) is 0.373. The number of carbonyl (C=O) groups is 1. The van der Waals surface area contributed by atoms with E-state index in [9.17, 15) is 9.59 Å². The van der Waals surface area contributed by atoms with E-state index < -0.39 is 0 Å². The van der Waals surface area contributed by atoms with E-state index >= 15 is 0 Å². The smallest absolute Gasteiger partial charge is 0.289 e. The number of nitrogens with one attached hydrogen (secondary N) is 1. The molecule has 8 nitrogen and oxygen atoms in total. The third-order valence-corrected chi connectivity index (χ3v) is 7.11. The normalized spacial score (nSPS) is 14.4. The molecule has 0 unspecified atom stereocenters. The fraction of sp³-hybridized carbons (Fsp3) is 0.185. The Bertz CT molecular complexity index is 1710. The minimum Gasteiger partial charge on any atom is -0.451 e. The minimum atomic E-state index is -0.267. The number of carbonyl (C=O) groups excluding carboxylic acids is 1. The van der Waals surface area contributed by atoms with Gasteiger partial charge in [-0.1, -0.05) is 41.9 Å². The van der Waals surface area contributed by atoms with E-state index in [-0.39, 0.29) is 23.1 Å². The number of rotatable bonds is 4. The topological polar surface area (TPSA) is 92.7 Å². The molecule has 2 aromatic carbocycles. The van der Waals surface area contributed by atoms with E-state index in [4.69, 9.17) is 21.0 Å². The van der Waals surface area contributed by atoms with Gasteiger partial charge >= 0.3 is 0 Å². The second kappa shape index (κ2) is 9.40. The van der Waals surface area contributed by atoms with Gasteiger partial charge in [-0.25, -0.2) is 4.98 Å². The number of nitrogens with zero attached hydrogens (tertiary/aromatic N) is 4. The SMILES string of the molecule is Bc1cnn2c(NC3CCN(C(=O)c4cc(=O)c5ccccc5o4)CC3)cc(-c3ccccc3Cl)nc12. The first kappa shape index (κ1) is 23.3. The fourth-order valence-electron chi connectivity index (χ4n) is 4.78. The first-order valence-corrected chi connectivity index (χ1v) is 12.5. The van der Waals surface area contributed by atoms with Gasteiger partial charge in [0.2, 0.25) is 0 Å². The van der Waals surface area contributed by atoms with E-state index in [1.807, 2.05) is 38.2 Å². The number of hydrogen-bond donors (Lipinski definition) is 1. The molecule has 6 rings (SSSR count). The van der Waals surface area contributed by atoms with Gasteiger partial charge in [0.15, 0.2) is 16.8 Å². The predicted molar refractivity (Wildman–Crippen MR) is 147 cm³/mol. The zero-order valence-electron chi connectivity index (χ0n) is 20.1. The molecule has 0 radical (unpaired) electrons. The summed E-state index contributed by atoms with van der Waals surface area (Å²) < 4.78 is 7.56. The van der Waals surface area contributed by atoms with Gasteiger partial charge in [-0.2, -0.15) is 9.61 Å². The number of aromatic nitrogens is 3. The summed E-state index contributed by atoms with van der Waals surface area (Å²) >= 11 is 6.46. The summed E-state index contributed by atoms with van der Waals surface area (Å²) in [6.45, 7) is 1.08. The molecule has 4 heterocycles. The number of piperidine rings is 1. The average Bonchev–Trinajstić information content (AvgIpc) is 3.29. The Kier molecular flexibility index (Phi) is 5.92. The summed E-state index contributed by atoms with van der Waals surface area (Å²) in [5.74, 6) is 0.622. The van der Waals surface area contributed by atoms with Crippen LogP contribution in [0.1, 0.15) is 23.4 Å². The maximum Gasteiger partial charge on any atom is 0.289 e. The van der Waals surface area contributed by atoms with Crippen LogP contribution < -0.4 is 16.2 Å². The summed E-state index contributed by atoms with van der Waals surface area (Å²) in [5.41, 5.74) is 3.55. The fourth-order valence-corrected chi connectivity index (χ4v) is 5.02. The van der Waals surface area contributed by atoms with Crippen molar-refractivity contribution in [2.24, 2.45) is 0 Å². The Morgan fingerprint density at radius 3 is 2.65 bits per heavy atom. The van der Waals surface area contributed by atoms with Crippen molar-refractivity contribution in [2.75, 3.05) is 18.4 Å². The van der Waals surface area contributed by atoms with Gasteiger partial charge in [-0.05, 0) is 36.5 Å². The number of anilines is 1. The molecule has 3 aromatic heterocycles. The van der Waals surface area contributed by atoms with Crippen molar-refractivity contribution in [3.63, 3.8) is 0 Å². The van der Waals surface area contributed by atoms with Crippen LogP contribution in [0.2, 0.25) is 5.02 Å². The Morgan fingerprint density at radius 2 is 1.84 bits per heavy atom. The Balaban J connectivity index is 1.21. The average molecular weight is 512 g/mol. The van der Waals surface area contributed by atoms with Crippen LogP contribution in [0.15, 0.2) is 76.1 Å². The molecule has 5 aromatic rings. The van der Waals surface area contributed by atoms with Gasteiger partial charge in [-0.15, -0.1) is 0 Å². The van der Waals surface area contributed by atoms with E-state index in [0.717, 1.165) is 41.0 Å². The van der Waals surface area contributed by atoms with Crippen LogP contribution >= 0.6 is 11.6 Å². The van der Waals surface area contributed by atoms with Gasteiger partial charge in [0.1, 0.15) is 19.2 Å². The Morgan fingerprint density at radius 1 is 1.08 bits per heavy atom. The minimum absolute atomic E-state index is 0.0716. The van der Waals surface area contributed by atoms with E-state index in [2.05, 4.69) is 10.4 Å². The number of halogens is 1. The molecule has 37 heavy (non-hydrogen) atoms. The van der Waals surface area contributed by atoms with E-state index in [0.29, 0.717) is 29.1 Å². The first-order valence-electron chi connectivity index (χ1n) is 12.2. The second-order valence-electron chi connectivity index (χ2n) is 9.25. The lowest BCUT2D eigenvalue weighted by Crippen LogP contribution is -2.42. The molecule has 0 spiro atoms. The van der Waals surface area contributed by atoms with Crippen LogP contribution in [-0.4, -0.2) is 52.4 Å². The Hall–Kier alpha value is -4.11. The molecule has 1 aliphatic heterocycles. The number of fused-ring (bicyclic) bond motifs is 2. The molecule has 0 atom stereocenters. The summed E-state index contributed by atoms with van der Waals surface area (Å²) in [6.07, 6.45) is 3.26. The van der Waals surface area contributed by atoms with E-state index in [1.165, 1.54) is 6.07 Å². The lowest BCUT2D eigenvalue weighted by Gasteiger charge is -2.32. The van der Waals surface area contributed by atoms with Gasteiger partial charge in [0.05, 0.1) is 11.1 Å². The highest BCUT2D eigenvalue weighted by atomic mass is 35.5. The molecule has 0 bridgehead atoms. The van der Waals surface area contributed by atoms with E-state index in [1.54, 1.807) is 39.9 Å². The molecule has 1 aliphatic rings. The van der Waals surface area contributed by atoms with Crippen LogP contribution in [-0.2, 0) is 0 Å². The van der Waals surface area contributed by atoms with Crippen molar-refractivity contribution >= 4 is 53.3 Å². The van der Waals surface area contributed by atoms with Crippen molar-refractivity contribution in [2.45, 2.75) is 18.9 Å². The highest BCUT2D eigenvalue weighted by molar-refractivity contribution is 6.36. The molecule has 0 saturated carbocycles. The lowest BCUT2D eigenvalue weighted by atomic mass is 10.0. The number of benzene rings is 2. The molecule has 10 heteroatoms. The van der Waals surface area contributed by atoms with Gasteiger partial charge in [0, 0.05) is 48.0 Å². The molecule has 0 aliphatic carbocycles. The first-order chi connectivity index (χ1) is 18.0. The zero-order valence-corrected chi connectivity index (χ0v) is 20.9. The van der Waals surface area contributed by atoms with Crippen LogP contribution in [0, 0.1) is 0 Å². The molecular formula is C27H23BClN5O3. The largest absolute Gasteiger partial charge is 0.451 e. The third kappa shape index (κ3) is 4.36. The molecule has 1 saturated heterocycles. The van der Waals surface area contributed by atoms with Gasteiger partial charge < -0.3 is 14.6 Å². The van der Waals surface area contributed by atoms with Crippen LogP contribution in [0.3, 0.4) is 0 Å². The summed E-state index contributed by atoms with van der Waals surface area (Å²) in [4.78, 5) is 32.1. The number of amides is 1. The number of para-hydroxylation sites is 1. The highest BCUT2D eigenvalue weighted by Crippen LogP contribution is 2.29. The maximum absolute atomic E-state index is 13.1. The van der Waals surface area contributed by atoms with Gasteiger partial charge in [0.25, 0.3) is 5.91 Å². The second-order valence-corrected chi connectivity index (χ2v) is 9.66. The van der Waals surface area contributed by atoms with Crippen molar-refractivity contribution in [3.8, 4) is 11.3 Å². The molecular weight excluding hydrogens is 489 g/mol. The molecule has 1 N–H and O–H groups in total. The van der Waals surface area contributed by atoms with Crippen LogP contribution in [0.25, 0.3) is 27.9 Å². The lowest BCUT2D eigenvalue weighted by molar-refractivity contribution is 0.0686. The number of hydrogen-bond acceptors (Lipinski definition) is 6. The van der Waals surface area contributed by atoms with Crippen molar-refractivity contribution in [1.82, 2.24) is 19.5 Å². The maximum atomic E-state index is 13.1. The summed E-state index contributed by atoms with van der Waals surface area (Å²) in [5, 5.41) is 9.22.